The molecule has 2 rings (SSSR count). The first-order valence-corrected chi connectivity index (χ1v) is 21.4. The zero-order chi connectivity index (χ0) is 40.4. The van der Waals surface area contributed by atoms with Gasteiger partial charge in [-0.15, -0.1) is 0 Å². The van der Waals surface area contributed by atoms with Gasteiger partial charge in [-0.25, -0.2) is 0 Å². The molecule has 9 N–H and O–H groups in total. The maximum atomic E-state index is 12.6. The largest absolute Gasteiger partial charge is 0.394 e. The van der Waals surface area contributed by atoms with Crippen LogP contribution in [0.5, 0.6) is 0 Å². The first-order valence-electron chi connectivity index (χ1n) is 21.4. The zero-order valence-electron chi connectivity index (χ0n) is 33.7. The number of carbonyl (C=O) groups is 1. The van der Waals surface area contributed by atoms with Crippen LogP contribution in [0.1, 0.15) is 149 Å². The first kappa shape index (κ1) is 49.9. The van der Waals surface area contributed by atoms with E-state index in [0.717, 1.165) is 25.7 Å². The number of hydrogen-bond donors (Lipinski definition) is 9. The van der Waals surface area contributed by atoms with Crippen LogP contribution in [0.2, 0.25) is 0 Å². The Kier molecular flexibility index (Phi) is 27.1. The molecule has 14 nitrogen and oxygen atoms in total. The van der Waals surface area contributed by atoms with Crippen molar-refractivity contribution in [3.8, 4) is 0 Å². The summed E-state index contributed by atoms with van der Waals surface area (Å²) in [4.78, 5) is 12.6. The molecular weight excluding hydrogens is 714 g/mol. The van der Waals surface area contributed by atoms with E-state index in [4.69, 9.17) is 18.9 Å². The number of hydrogen-bond acceptors (Lipinski definition) is 13. The summed E-state index contributed by atoms with van der Waals surface area (Å²) in [5.41, 5.74) is 0. The Hall–Kier alpha value is -1.27. The fraction of sp³-hybridized carbons (Fsp3) is 0.927. The van der Waals surface area contributed by atoms with Crippen molar-refractivity contribution in [2.45, 2.75) is 222 Å². The molecule has 324 valence electrons. The average Bonchev–Trinajstić information content (AvgIpc) is 3.18. The number of carbonyl (C=O) groups excluding carboxylic acids is 1. The molecule has 12 atom stereocenters. The quantitative estimate of drug-likeness (QED) is 0.0364. The van der Waals surface area contributed by atoms with E-state index in [1.54, 1.807) is 6.08 Å². The minimum Gasteiger partial charge on any atom is -0.394 e. The molecule has 55 heavy (non-hydrogen) atoms. The Bertz CT molecular complexity index is 988. The van der Waals surface area contributed by atoms with Gasteiger partial charge in [0.15, 0.2) is 12.6 Å². The van der Waals surface area contributed by atoms with Crippen molar-refractivity contribution >= 4 is 5.91 Å². The molecule has 0 saturated carbocycles. The van der Waals surface area contributed by atoms with Gasteiger partial charge < -0.3 is 65.1 Å². The van der Waals surface area contributed by atoms with Crippen molar-refractivity contribution < 1.29 is 64.6 Å². The fourth-order valence-corrected chi connectivity index (χ4v) is 7.09. The SMILES string of the molecule is CCCCCCCCCCCCCCCCCCC/C=C/C(O)C(COC1OC(CO)C(OC2OC(CO)C(O)C(O)C2O)C(O)C1O)NC(=O)CCCC. The summed E-state index contributed by atoms with van der Waals surface area (Å²) in [7, 11) is 0. The van der Waals surface area contributed by atoms with Crippen molar-refractivity contribution in [2.24, 2.45) is 0 Å². The highest BCUT2D eigenvalue weighted by Gasteiger charge is 2.50. The second-order valence-electron chi connectivity index (χ2n) is 15.5. The average molecular weight is 792 g/mol. The number of ether oxygens (including phenoxy) is 4. The van der Waals surface area contributed by atoms with Gasteiger partial charge >= 0.3 is 0 Å². The third-order valence-electron chi connectivity index (χ3n) is 10.7. The van der Waals surface area contributed by atoms with Crippen LogP contribution >= 0.6 is 0 Å². The van der Waals surface area contributed by atoms with Crippen molar-refractivity contribution in [3.63, 3.8) is 0 Å². The van der Waals surface area contributed by atoms with Gasteiger partial charge in [0.1, 0.15) is 48.8 Å². The Labute approximate surface area is 329 Å². The zero-order valence-corrected chi connectivity index (χ0v) is 33.7. The minimum atomic E-state index is -1.78. The second kappa shape index (κ2) is 29.9. The topological polar surface area (TPSA) is 228 Å². The molecule has 2 saturated heterocycles. The lowest BCUT2D eigenvalue weighted by Gasteiger charge is -2.46. The van der Waals surface area contributed by atoms with Crippen LogP contribution in [0.4, 0.5) is 0 Å². The maximum absolute atomic E-state index is 12.6. The molecule has 0 radical (unpaired) electrons. The number of rotatable bonds is 31. The van der Waals surface area contributed by atoms with Crippen LogP contribution < -0.4 is 5.32 Å². The van der Waals surface area contributed by atoms with Crippen molar-refractivity contribution in [1.29, 1.82) is 0 Å². The molecule has 14 heteroatoms. The van der Waals surface area contributed by atoms with Crippen molar-refractivity contribution in [3.05, 3.63) is 12.2 Å². The van der Waals surface area contributed by atoms with Crippen LogP contribution in [0.15, 0.2) is 12.2 Å². The van der Waals surface area contributed by atoms with Gasteiger partial charge in [0.25, 0.3) is 0 Å². The highest BCUT2D eigenvalue weighted by atomic mass is 16.7. The van der Waals surface area contributed by atoms with E-state index < -0.39 is 86.8 Å². The van der Waals surface area contributed by atoms with E-state index in [2.05, 4.69) is 12.2 Å². The minimum absolute atomic E-state index is 0.257. The van der Waals surface area contributed by atoms with Gasteiger partial charge in [-0.1, -0.05) is 135 Å². The Balaban J connectivity index is 1.76. The lowest BCUT2D eigenvalue weighted by Crippen LogP contribution is -2.65. The highest BCUT2D eigenvalue weighted by Crippen LogP contribution is 2.30. The highest BCUT2D eigenvalue weighted by molar-refractivity contribution is 5.76. The molecule has 2 heterocycles. The summed E-state index contributed by atoms with van der Waals surface area (Å²) in [5, 5.41) is 85.6. The van der Waals surface area contributed by atoms with Gasteiger partial charge in [-0.05, 0) is 19.3 Å². The summed E-state index contributed by atoms with van der Waals surface area (Å²) in [6, 6.07) is -0.903. The number of aliphatic hydroxyl groups excluding tert-OH is 8. The Morgan fingerprint density at radius 2 is 1.13 bits per heavy atom. The molecule has 12 unspecified atom stereocenters. The normalized spacial score (nSPS) is 29.8. The van der Waals surface area contributed by atoms with Crippen molar-refractivity contribution in [2.75, 3.05) is 19.8 Å². The third kappa shape index (κ3) is 18.9. The number of amides is 1. The van der Waals surface area contributed by atoms with E-state index >= 15 is 0 Å². The molecule has 0 aromatic heterocycles. The molecular formula is C41H77NO13. The summed E-state index contributed by atoms with van der Waals surface area (Å²) in [6.07, 6.45) is 11.2. The standard InChI is InChI=1S/C41H77NO13/c1-3-5-7-8-9-10-11-12-13-14-15-16-17-18-19-20-21-22-23-24-30(45)29(42-33(46)25-6-4-2)28-52-40-38(51)36(49)39(32(27-44)54-40)55-41-37(50)35(48)34(47)31(26-43)53-41/h23-24,29-32,34-41,43-45,47-51H,3-22,25-28H2,1-2H3,(H,42,46)/b24-23+. The summed E-state index contributed by atoms with van der Waals surface area (Å²) in [6.45, 7) is 2.51. The van der Waals surface area contributed by atoms with Crippen LogP contribution in [-0.2, 0) is 23.7 Å². The monoisotopic (exact) mass is 792 g/mol. The van der Waals surface area contributed by atoms with E-state index in [1.807, 2.05) is 13.0 Å². The van der Waals surface area contributed by atoms with Gasteiger partial charge in [0.05, 0.1) is 32.0 Å². The Morgan fingerprint density at radius 3 is 1.65 bits per heavy atom. The predicted molar refractivity (Wildman–Crippen MR) is 208 cm³/mol. The Morgan fingerprint density at radius 1 is 0.636 bits per heavy atom. The lowest BCUT2D eigenvalue weighted by atomic mass is 9.97. The van der Waals surface area contributed by atoms with Crippen LogP contribution in [0, 0.1) is 0 Å². The predicted octanol–water partition coefficient (Wildman–Crippen LogP) is 3.26. The van der Waals surface area contributed by atoms with Gasteiger partial charge in [-0.3, -0.25) is 4.79 Å². The summed E-state index contributed by atoms with van der Waals surface area (Å²) in [5.74, 6) is -0.276. The molecule has 2 fully saturated rings. The number of aliphatic hydroxyl groups is 8. The second-order valence-corrected chi connectivity index (χ2v) is 15.5. The fourth-order valence-electron chi connectivity index (χ4n) is 7.09. The molecule has 1 amide bonds. The van der Waals surface area contributed by atoms with Gasteiger partial charge in [-0.2, -0.15) is 0 Å². The van der Waals surface area contributed by atoms with Crippen LogP contribution in [0.3, 0.4) is 0 Å². The summed E-state index contributed by atoms with van der Waals surface area (Å²) >= 11 is 0. The molecule has 0 aliphatic carbocycles. The summed E-state index contributed by atoms with van der Waals surface area (Å²) < 4.78 is 22.4. The molecule has 0 aromatic carbocycles. The van der Waals surface area contributed by atoms with E-state index in [1.165, 1.54) is 96.3 Å². The van der Waals surface area contributed by atoms with Crippen LogP contribution in [0.25, 0.3) is 0 Å². The number of nitrogens with one attached hydrogen (secondary N) is 1. The van der Waals surface area contributed by atoms with E-state index in [0.29, 0.717) is 6.42 Å². The molecule has 0 aromatic rings. The smallest absolute Gasteiger partial charge is 0.220 e. The van der Waals surface area contributed by atoms with E-state index in [-0.39, 0.29) is 18.9 Å². The first-order chi connectivity index (χ1) is 26.6. The van der Waals surface area contributed by atoms with Crippen molar-refractivity contribution in [1.82, 2.24) is 5.32 Å². The lowest BCUT2D eigenvalue weighted by molar-refractivity contribution is -0.359. The molecule has 2 aliphatic heterocycles. The number of allylic oxidation sites excluding steroid dienone is 1. The third-order valence-corrected chi connectivity index (χ3v) is 10.7. The molecule has 0 spiro atoms. The number of unbranched alkanes of at least 4 members (excludes halogenated alkanes) is 18. The van der Waals surface area contributed by atoms with Gasteiger partial charge in [0, 0.05) is 6.42 Å². The maximum Gasteiger partial charge on any atom is 0.220 e. The van der Waals surface area contributed by atoms with Gasteiger partial charge in [0.2, 0.25) is 5.91 Å². The van der Waals surface area contributed by atoms with Crippen LogP contribution in [-0.4, -0.2) is 140 Å². The van der Waals surface area contributed by atoms with E-state index in [9.17, 15) is 45.6 Å². The molecule has 2 aliphatic rings. The molecule has 0 bridgehead atoms.